The smallest absolute Gasteiger partial charge is 0.241 e. The third-order valence-electron chi connectivity index (χ3n) is 2.61. The number of amides is 2. The highest BCUT2D eigenvalue weighted by molar-refractivity contribution is 5.96. The molecule has 0 aliphatic rings. The summed E-state index contributed by atoms with van der Waals surface area (Å²) >= 11 is 0. The van der Waals surface area contributed by atoms with Crippen LogP contribution in [0.2, 0.25) is 0 Å². The third-order valence-corrected chi connectivity index (χ3v) is 2.61. The predicted molar refractivity (Wildman–Crippen MR) is 76.8 cm³/mol. The minimum Gasteiger partial charge on any atom is -0.326 e. The molecular formula is C14H20FN3O2. The molecule has 1 aromatic rings. The first-order chi connectivity index (χ1) is 9.29. The number of carbonyl (C=O) groups excluding carboxylic acids is 2. The van der Waals surface area contributed by atoms with Crippen molar-refractivity contribution < 1.29 is 14.0 Å². The van der Waals surface area contributed by atoms with Crippen LogP contribution in [0.15, 0.2) is 18.2 Å². The Kier molecular flexibility index (Phi) is 5.64. The van der Waals surface area contributed by atoms with Crippen LogP contribution in [0.25, 0.3) is 0 Å². The molecule has 0 fully saturated rings. The van der Waals surface area contributed by atoms with E-state index in [2.05, 4.69) is 10.6 Å². The van der Waals surface area contributed by atoms with Crippen LogP contribution in [-0.4, -0.2) is 17.9 Å². The predicted octanol–water partition coefficient (Wildman–Crippen LogP) is 2.10. The van der Waals surface area contributed by atoms with E-state index in [-0.39, 0.29) is 17.5 Å². The number of anilines is 2. The summed E-state index contributed by atoms with van der Waals surface area (Å²) in [4.78, 5) is 22.8. The van der Waals surface area contributed by atoms with Gasteiger partial charge in [-0.05, 0) is 30.5 Å². The number of halogens is 1. The average Bonchev–Trinajstić information content (AvgIpc) is 2.31. The van der Waals surface area contributed by atoms with Gasteiger partial charge in [0.05, 0.1) is 11.7 Å². The van der Waals surface area contributed by atoms with Gasteiger partial charge in [0, 0.05) is 12.6 Å². The van der Waals surface area contributed by atoms with E-state index < -0.39 is 17.8 Å². The van der Waals surface area contributed by atoms with Gasteiger partial charge in [-0.2, -0.15) is 0 Å². The van der Waals surface area contributed by atoms with Crippen molar-refractivity contribution in [2.24, 2.45) is 11.7 Å². The van der Waals surface area contributed by atoms with Crippen LogP contribution in [-0.2, 0) is 9.59 Å². The lowest BCUT2D eigenvalue weighted by atomic mass is 10.0. The Morgan fingerprint density at radius 1 is 1.30 bits per heavy atom. The van der Waals surface area contributed by atoms with Crippen molar-refractivity contribution in [2.75, 3.05) is 10.6 Å². The Balaban J connectivity index is 2.80. The van der Waals surface area contributed by atoms with Crippen molar-refractivity contribution >= 4 is 23.2 Å². The molecular weight excluding hydrogens is 261 g/mol. The van der Waals surface area contributed by atoms with Crippen LogP contribution < -0.4 is 16.4 Å². The van der Waals surface area contributed by atoms with E-state index >= 15 is 0 Å². The lowest BCUT2D eigenvalue weighted by Gasteiger charge is -2.15. The van der Waals surface area contributed by atoms with Gasteiger partial charge in [0.25, 0.3) is 0 Å². The van der Waals surface area contributed by atoms with Crippen LogP contribution in [0.1, 0.15) is 27.2 Å². The van der Waals surface area contributed by atoms with Gasteiger partial charge in [-0.15, -0.1) is 0 Å². The molecule has 0 bridgehead atoms. The topological polar surface area (TPSA) is 84.2 Å². The second-order valence-corrected chi connectivity index (χ2v) is 5.10. The van der Waals surface area contributed by atoms with Crippen LogP contribution in [0, 0.1) is 11.7 Å². The van der Waals surface area contributed by atoms with Gasteiger partial charge in [0.1, 0.15) is 5.82 Å². The molecule has 0 aliphatic heterocycles. The molecule has 0 saturated heterocycles. The van der Waals surface area contributed by atoms with Crippen LogP contribution in [0.5, 0.6) is 0 Å². The quantitative estimate of drug-likeness (QED) is 0.772. The Labute approximate surface area is 117 Å². The fraction of sp³-hybridized carbons (Fsp3) is 0.429. The maximum atomic E-state index is 13.6. The molecule has 1 unspecified atom stereocenters. The summed E-state index contributed by atoms with van der Waals surface area (Å²) in [5.41, 5.74) is 6.14. The fourth-order valence-corrected chi connectivity index (χ4v) is 1.74. The molecule has 2 amide bonds. The second-order valence-electron chi connectivity index (χ2n) is 5.10. The highest BCUT2D eigenvalue weighted by Crippen LogP contribution is 2.20. The highest BCUT2D eigenvalue weighted by Gasteiger charge is 2.16. The molecule has 0 aliphatic carbocycles. The molecule has 0 saturated carbocycles. The van der Waals surface area contributed by atoms with E-state index in [9.17, 15) is 14.0 Å². The van der Waals surface area contributed by atoms with Gasteiger partial charge < -0.3 is 16.4 Å². The molecule has 5 nitrogen and oxygen atoms in total. The highest BCUT2D eigenvalue weighted by atomic mass is 19.1. The van der Waals surface area contributed by atoms with E-state index in [0.717, 1.165) is 0 Å². The van der Waals surface area contributed by atoms with E-state index in [1.165, 1.54) is 25.1 Å². The summed E-state index contributed by atoms with van der Waals surface area (Å²) in [5, 5.41) is 4.96. The molecule has 1 atom stereocenters. The average molecular weight is 281 g/mol. The van der Waals surface area contributed by atoms with E-state index in [1.807, 2.05) is 13.8 Å². The fourth-order valence-electron chi connectivity index (χ4n) is 1.74. The number of hydrogen-bond acceptors (Lipinski definition) is 3. The zero-order valence-corrected chi connectivity index (χ0v) is 11.9. The molecule has 0 spiro atoms. The zero-order valence-electron chi connectivity index (χ0n) is 11.9. The number of nitrogens with one attached hydrogen (secondary N) is 2. The standard InChI is InChI=1S/C14H20FN3O2/c1-8(2)6-12(16)14(20)18-13-7-10(17-9(3)19)4-5-11(13)15/h4-5,7-8,12H,6,16H2,1-3H3,(H,17,19)(H,18,20). The summed E-state index contributed by atoms with van der Waals surface area (Å²) in [5.74, 6) is -1.03. The third kappa shape index (κ3) is 4.97. The lowest BCUT2D eigenvalue weighted by Crippen LogP contribution is -2.36. The van der Waals surface area contributed by atoms with Crippen molar-refractivity contribution in [2.45, 2.75) is 33.2 Å². The normalized spacial score (nSPS) is 12.1. The van der Waals surface area contributed by atoms with Crippen molar-refractivity contribution in [3.8, 4) is 0 Å². The molecule has 6 heteroatoms. The summed E-state index contributed by atoms with van der Waals surface area (Å²) in [6.45, 7) is 5.25. The maximum Gasteiger partial charge on any atom is 0.241 e. The van der Waals surface area contributed by atoms with Gasteiger partial charge >= 0.3 is 0 Å². The molecule has 0 aromatic heterocycles. The van der Waals surface area contributed by atoms with E-state index in [0.29, 0.717) is 12.1 Å². The first kappa shape index (κ1) is 16.1. The molecule has 20 heavy (non-hydrogen) atoms. The Morgan fingerprint density at radius 2 is 1.95 bits per heavy atom. The molecule has 4 N–H and O–H groups in total. The van der Waals surface area contributed by atoms with Crippen LogP contribution >= 0.6 is 0 Å². The van der Waals surface area contributed by atoms with Crippen molar-refractivity contribution in [3.63, 3.8) is 0 Å². The molecule has 1 aromatic carbocycles. The van der Waals surface area contributed by atoms with Crippen LogP contribution in [0.3, 0.4) is 0 Å². The van der Waals surface area contributed by atoms with Gasteiger partial charge in [0.2, 0.25) is 11.8 Å². The van der Waals surface area contributed by atoms with Gasteiger partial charge in [-0.25, -0.2) is 4.39 Å². The molecule has 0 radical (unpaired) electrons. The van der Waals surface area contributed by atoms with E-state index in [1.54, 1.807) is 0 Å². The number of hydrogen-bond donors (Lipinski definition) is 3. The second kappa shape index (κ2) is 7.00. The first-order valence-corrected chi connectivity index (χ1v) is 6.43. The Hall–Kier alpha value is -1.95. The van der Waals surface area contributed by atoms with Crippen molar-refractivity contribution in [3.05, 3.63) is 24.0 Å². The number of benzene rings is 1. The SMILES string of the molecule is CC(=O)Nc1ccc(F)c(NC(=O)C(N)CC(C)C)c1. The zero-order chi connectivity index (χ0) is 15.3. The van der Waals surface area contributed by atoms with E-state index in [4.69, 9.17) is 5.73 Å². The van der Waals surface area contributed by atoms with Crippen molar-refractivity contribution in [1.29, 1.82) is 0 Å². The minimum absolute atomic E-state index is 0.000422. The number of nitrogens with two attached hydrogens (primary N) is 1. The Bertz CT molecular complexity index is 503. The summed E-state index contributed by atoms with van der Waals surface area (Å²) < 4.78 is 13.6. The van der Waals surface area contributed by atoms with Gasteiger partial charge in [-0.1, -0.05) is 13.8 Å². The summed E-state index contributed by atoms with van der Waals surface area (Å²) in [6, 6.07) is 3.25. The molecule has 110 valence electrons. The van der Waals surface area contributed by atoms with Gasteiger partial charge in [0.15, 0.2) is 0 Å². The van der Waals surface area contributed by atoms with Gasteiger partial charge in [-0.3, -0.25) is 9.59 Å². The Morgan fingerprint density at radius 3 is 2.50 bits per heavy atom. The number of rotatable bonds is 5. The molecule has 0 heterocycles. The summed E-state index contributed by atoms with van der Waals surface area (Å²) in [7, 11) is 0. The molecule has 1 rings (SSSR count). The van der Waals surface area contributed by atoms with Crippen LogP contribution in [0.4, 0.5) is 15.8 Å². The first-order valence-electron chi connectivity index (χ1n) is 6.43. The minimum atomic E-state index is -0.696. The lowest BCUT2D eigenvalue weighted by molar-refractivity contribution is -0.117. The largest absolute Gasteiger partial charge is 0.326 e. The monoisotopic (exact) mass is 281 g/mol. The number of carbonyl (C=O) groups is 2. The maximum absolute atomic E-state index is 13.6. The van der Waals surface area contributed by atoms with Crippen molar-refractivity contribution in [1.82, 2.24) is 0 Å². The summed E-state index contributed by atoms with van der Waals surface area (Å²) in [6.07, 6.45) is 0.513.